The average molecular weight is 363 g/mol. The SMILES string of the molecule is CCCCO[Si](CCCCOCCC)(OCCCC)OCCCC. The number of hydrogen-bond acceptors (Lipinski definition) is 4. The van der Waals surface area contributed by atoms with E-state index < -0.39 is 8.80 Å². The van der Waals surface area contributed by atoms with Crippen LogP contribution < -0.4 is 0 Å². The second-order valence-corrected chi connectivity index (χ2v) is 9.09. The largest absolute Gasteiger partial charge is 0.500 e. The highest BCUT2D eigenvalue weighted by Crippen LogP contribution is 2.21. The minimum Gasteiger partial charge on any atom is -0.381 e. The molecule has 0 aromatic carbocycles. The molecule has 0 fully saturated rings. The maximum absolute atomic E-state index is 6.24. The van der Waals surface area contributed by atoms with E-state index in [1.807, 2.05) is 0 Å². The molecule has 0 aliphatic rings. The van der Waals surface area contributed by atoms with Gasteiger partial charge in [-0.2, -0.15) is 0 Å². The third-order valence-electron chi connectivity index (χ3n) is 3.83. The Morgan fingerprint density at radius 1 is 0.500 bits per heavy atom. The van der Waals surface area contributed by atoms with E-state index in [0.29, 0.717) is 0 Å². The van der Waals surface area contributed by atoms with Gasteiger partial charge in [-0.1, -0.05) is 47.0 Å². The van der Waals surface area contributed by atoms with Crippen LogP contribution in [0.4, 0.5) is 0 Å². The maximum atomic E-state index is 6.24. The Kier molecular flexibility index (Phi) is 17.9. The van der Waals surface area contributed by atoms with Crippen molar-refractivity contribution in [2.45, 2.75) is 91.5 Å². The maximum Gasteiger partial charge on any atom is 0.500 e. The smallest absolute Gasteiger partial charge is 0.381 e. The van der Waals surface area contributed by atoms with Crippen molar-refractivity contribution in [1.29, 1.82) is 0 Å². The molecule has 0 radical (unpaired) electrons. The standard InChI is InChI=1S/C19H42O4Si/c1-5-9-16-21-24(22-17-10-6-2,23-18-11-7-3)19-13-12-15-20-14-8-4/h5-19H2,1-4H3. The molecule has 0 saturated heterocycles. The lowest BCUT2D eigenvalue weighted by atomic mass is 10.3. The molecule has 0 heterocycles. The molecule has 0 unspecified atom stereocenters. The Balaban J connectivity index is 4.48. The lowest BCUT2D eigenvalue weighted by Crippen LogP contribution is -2.46. The van der Waals surface area contributed by atoms with E-state index in [4.69, 9.17) is 18.0 Å². The minimum absolute atomic E-state index is 0.757. The first-order valence-corrected chi connectivity index (χ1v) is 12.2. The van der Waals surface area contributed by atoms with Crippen molar-refractivity contribution in [2.24, 2.45) is 0 Å². The van der Waals surface area contributed by atoms with E-state index in [1.165, 1.54) is 0 Å². The van der Waals surface area contributed by atoms with E-state index in [2.05, 4.69) is 27.7 Å². The zero-order chi connectivity index (χ0) is 17.9. The van der Waals surface area contributed by atoms with Crippen molar-refractivity contribution in [1.82, 2.24) is 0 Å². The predicted molar refractivity (Wildman–Crippen MR) is 103 cm³/mol. The molecule has 146 valence electrons. The Morgan fingerprint density at radius 2 is 1.00 bits per heavy atom. The second-order valence-electron chi connectivity index (χ2n) is 6.36. The first-order valence-electron chi connectivity index (χ1n) is 10.2. The summed E-state index contributed by atoms with van der Waals surface area (Å²) in [6.07, 6.45) is 9.82. The van der Waals surface area contributed by atoms with Gasteiger partial charge in [-0.05, 0) is 38.5 Å². The normalized spacial score (nSPS) is 12.0. The van der Waals surface area contributed by atoms with E-state index in [9.17, 15) is 0 Å². The van der Waals surface area contributed by atoms with E-state index in [0.717, 1.165) is 96.9 Å². The molecule has 0 spiro atoms. The van der Waals surface area contributed by atoms with Gasteiger partial charge in [0.25, 0.3) is 0 Å². The molecule has 0 aromatic heterocycles. The van der Waals surface area contributed by atoms with Crippen LogP contribution in [0.15, 0.2) is 0 Å². The van der Waals surface area contributed by atoms with Gasteiger partial charge in [0.05, 0.1) is 0 Å². The van der Waals surface area contributed by atoms with Gasteiger partial charge < -0.3 is 18.0 Å². The first-order chi connectivity index (χ1) is 11.7. The van der Waals surface area contributed by atoms with Crippen LogP contribution in [-0.4, -0.2) is 41.8 Å². The summed E-state index contributed by atoms with van der Waals surface area (Å²) in [6.45, 7) is 12.7. The molecule has 24 heavy (non-hydrogen) atoms. The van der Waals surface area contributed by atoms with Gasteiger partial charge in [-0.15, -0.1) is 0 Å². The highest BCUT2D eigenvalue weighted by molar-refractivity contribution is 6.60. The molecule has 4 nitrogen and oxygen atoms in total. The van der Waals surface area contributed by atoms with Gasteiger partial charge in [0.1, 0.15) is 0 Å². The third-order valence-corrected chi connectivity index (χ3v) is 6.73. The van der Waals surface area contributed by atoms with E-state index >= 15 is 0 Å². The van der Waals surface area contributed by atoms with Crippen LogP contribution in [0.1, 0.15) is 85.5 Å². The summed E-state index contributed by atoms with van der Waals surface area (Å²) in [4.78, 5) is 0. The average Bonchev–Trinajstić information content (AvgIpc) is 2.58. The Bertz CT molecular complexity index is 225. The first kappa shape index (κ1) is 24.1. The van der Waals surface area contributed by atoms with Gasteiger partial charge in [-0.3, -0.25) is 0 Å². The summed E-state index contributed by atoms with van der Waals surface area (Å²) in [5.41, 5.74) is 0. The molecule has 0 rings (SSSR count). The van der Waals surface area contributed by atoms with E-state index in [-0.39, 0.29) is 0 Å². The van der Waals surface area contributed by atoms with Crippen molar-refractivity contribution in [3.8, 4) is 0 Å². The highest BCUT2D eigenvalue weighted by Gasteiger charge is 2.40. The zero-order valence-electron chi connectivity index (χ0n) is 16.7. The third kappa shape index (κ3) is 13.4. The molecular formula is C19H42O4Si. The molecule has 0 atom stereocenters. The number of hydrogen-bond donors (Lipinski definition) is 0. The number of ether oxygens (including phenoxy) is 1. The molecule has 0 amide bonds. The lowest BCUT2D eigenvalue weighted by molar-refractivity contribution is 0.0547. The van der Waals surface area contributed by atoms with Crippen LogP contribution in [0.25, 0.3) is 0 Å². The van der Waals surface area contributed by atoms with Gasteiger partial charge >= 0.3 is 8.80 Å². The molecule has 0 N–H and O–H groups in total. The van der Waals surface area contributed by atoms with Gasteiger partial charge in [0.2, 0.25) is 0 Å². The molecule has 0 aromatic rings. The van der Waals surface area contributed by atoms with Crippen LogP contribution in [0.5, 0.6) is 0 Å². The van der Waals surface area contributed by atoms with Gasteiger partial charge in [0, 0.05) is 39.1 Å². The van der Waals surface area contributed by atoms with Crippen LogP contribution >= 0.6 is 0 Å². The summed E-state index contributed by atoms with van der Waals surface area (Å²) >= 11 is 0. The minimum atomic E-state index is -2.53. The molecule has 5 heteroatoms. The fourth-order valence-corrected chi connectivity index (χ4v) is 4.98. The van der Waals surface area contributed by atoms with Gasteiger partial charge in [0.15, 0.2) is 0 Å². The van der Waals surface area contributed by atoms with Crippen LogP contribution in [-0.2, 0) is 18.0 Å². The van der Waals surface area contributed by atoms with Crippen molar-refractivity contribution < 1.29 is 18.0 Å². The molecule has 0 saturated carbocycles. The summed E-state index contributed by atoms with van der Waals surface area (Å²) in [5.74, 6) is 0. The number of rotatable bonds is 19. The van der Waals surface area contributed by atoms with Crippen molar-refractivity contribution >= 4 is 8.80 Å². The Morgan fingerprint density at radius 3 is 1.42 bits per heavy atom. The van der Waals surface area contributed by atoms with Gasteiger partial charge in [-0.25, -0.2) is 0 Å². The number of unbranched alkanes of at least 4 members (excludes halogenated alkanes) is 4. The van der Waals surface area contributed by atoms with Crippen LogP contribution in [0.3, 0.4) is 0 Å². The van der Waals surface area contributed by atoms with Crippen molar-refractivity contribution in [3.63, 3.8) is 0 Å². The van der Waals surface area contributed by atoms with Crippen LogP contribution in [0.2, 0.25) is 6.04 Å². The Hall–Kier alpha value is 0.0569. The van der Waals surface area contributed by atoms with Crippen LogP contribution in [0, 0.1) is 0 Å². The van der Waals surface area contributed by atoms with Crippen molar-refractivity contribution in [2.75, 3.05) is 33.0 Å². The molecule has 0 aliphatic heterocycles. The topological polar surface area (TPSA) is 36.9 Å². The van der Waals surface area contributed by atoms with E-state index in [1.54, 1.807) is 0 Å². The summed E-state index contributed by atoms with van der Waals surface area (Å²) in [6, 6.07) is 0.916. The Labute approximate surface area is 152 Å². The summed E-state index contributed by atoms with van der Waals surface area (Å²) in [7, 11) is -2.53. The zero-order valence-corrected chi connectivity index (χ0v) is 17.7. The quantitative estimate of drug-likeness (QED) is 0.222. The van der Waals surface area contributed by atoms with Crippen molar-refractivity contribution in [3.05, 3.63) is 0 Å². The lowest BCUT2D eigenvalue weighted by Gasteiger charge is -2.30. The predicted octanol–water partition coefficient (Wildman–Crippen LogP) is 5.58. The summed E-state index contributed by atoms with van der Waals surface area (Å²) in [5, 5.41) is 0. The summed E-state index contributed by atoms with van der Waals surface area (Å²) < 4.78 is 24.3. The fourth-order valence-electron chi connectivity index (χ4n) is 2.25. The molecule has 0 aliphatic carbocycles. The molecule has 0 bridgehead atoms. The highest BCUT2D eigenvalue weighted by atomic mass is 28.4. The molecular weight excluding hydrogens is 320 g/mol. The second kappa shape index (κ2) is 17.9. The fraction of sp³-hybridized carbons (Fsp3) is 1.00. The monoisotopic (exact) mass is 362 g/mol.